The van der Waals surface area contributed by atoms with Crippen LogP contribution < -0.4 is 15.4 Å². The number of methoxy groups -OCH3 is 1. The number of anilines is 1. The zero-order valence-corrected chi connectivity index (χ0v) is 16.1. The standard InChI is InChI=1S/C21H27N3O3/c1-4-24(5-2)15-16-7-6-8-18(13-16)23-20(25)14-22-21(26)17-9-11-19(27-3)12-10-17/h6-13H,4-5,14-15H2,1-3H3,(H,22,26)(H,23,25). The summed E-state index contributed by atoms with van der Waals surface area (Å²) in [4.78, 5) is 26.5. The highest BCUT2D eigenvalue weighted by atomic mass is 16.5. The van der Waals surface area contributed by atoms with E-state index in [9.17, 15) is 9.59 Å². The molecule has 0 fully saturated rings. The van der Waals surface area contributed by atoms with Gasteiger partial charge in [0.2, 0.25) is 5.91 Å². The Bertz CT molecular complexity index is 756. The van der Waals surface area contributed by atoms with Crippen molar-refractivity contribution in [1.82, 2.24) is 10.2 Å². The lowest BCUT2D eigenvalue weighted by atomic mass is 10.2. The van der Waals surface area contributed by atoms with Gasteiger partial charge in [-0.05, 0) is 55.1 Å². The van der Waals surface area contributed by atoms with Gasteiger partial charge in [0.1, 0.15) is 5.75 Å². The molecular formula is C21H27N3O3. The van der Waals surface area contributed by atoms with Crippen molar-refractivity contribution in [3.8, 4) is 5.75 Å². The molecule has 2 amide bonds. The van der Waals surface area contributed by atoms with E-state index in [4.69, 9.17) is 4.74 Å². The first-order chi connectivity index (χ1) is 13.0. The Kier molecular flexibility index (Phi) is 7.82. The van der Waals surface area contributed by atoms with Crippen molar-refractivity contribution < 1.29 is 14.3 Å². The van der Waals surface area contributed by atoms with Crippen molar-refractivity contribution in [2.45, 2.75) is 20.4 Å². The third kappa shape index (κ3) is 6.42. The molecule has 0 radical (unpaired) electrons. The summed E-state index contributed by atoms with van der Waals surface area (Å²) in [5, 5.41) is 5.45. The fraction of sp³-hybridized carbons (Fsp3) is 0.333. The third-order valence-electron chi connectivity index (χ3n) is 4.27. The van der Waals surface area contributed by atoms with Crippen molar-refractivity contribution in [2.24, 2.45) is 0 Å². The average molecular weight is 369 g/mol. The van der Waals surface area contributed by atoms with E-state index >= 15 is 0 Å². The second-order valence-corrected chi connectivity index (χ2v) is 6.12. The normalized spacial score (nSPS) is 10.5. The van der Waals surface area contributed by atoms with Gasteiger partial charge in [-0.3, -0.25) is 14.5 Å². The van der Waals surface area contributed by atoms with Crippen LogP contribution >= 0.6 is 0 Å². The van der Waals surface area contributed by atoms with Gasteiger partial charge in [0.15, 0.2) is 0 Å². The highest BCUT2D eigenvalue weighted by molar-refractivity contribution is 5.99. The monoisotopic (exact) mass is 369 g/mol. The van der Waals surface area contributed by atoms with Crippen LogP contribution in [0.5, 0.6) is 5.75 Å². The lowest BCUT2D eigenvalue weighted by Gasteiger charge is -2.18. The topological polar surface area (TPSA) is 70.7 Å². The number of ether oxygens (including phenoxy) is 1. The number of carbonyl (C=O) groups is 2. The Labute approximate surface area is 160 Å². The van der Waals surface area contributed by atoms with Crippen LogP contribution in [0.25, 0.3) is 0 Å². The van der Waals surface area contributed by atoms with E-state index in [2.05, 4.69) is 29.4 Å². The van der Waals surface area contributed by atoms with E-state index in [1.54, 1.807) is 31.4 Å². The molecule has 0 heterocycles. The second-order valence-electron chi connectivity index (χ2n) is 6.12. The van der Waals surface area contributed by atoms with Gasteiger partial charge in [-0.25, -0.2) is 0 Å². The zero-order valence-electron chi connectivity index (χ0n) is 16.1. The van der Waals surface area contributed by atoms with Crippen LogP contribution in [0, 0.1) is 0 Å². The van der Waals surface area contributed by atoms with E-state index in [-0.39, 0.29) is 18.4 Å². The van der Waals surface area contributed by atoms with Gasteiger partial charge < -0.3 is 15.4 Å². The molecule has 0 saturated heterocycles. The smallest absolute Gasteiger partial charge is 0.251 e. The van der Waals surface area contributed by atoms with E-state index in [0.29, 0.717) is 11.3 Å². The zero-order chi connectivity index (χ0) is 19.6. The minimum absolute atomic E-state index is 0.0921. The molecule has 0 unspecified atom stereocenters. The molecule has 2 aromatic carbocycles. The molecule has 2 aromatic rings. The lowest BCUT2D eigenvalue weighted by Crippen LogP contribution is -2.32. The van der Waals surface area contributed by atoms with Crippen LogP contribution in [-0.2, 0) is 11.3 Å². The van der Waals surface area contributed by atoms with E-state index in [1.165, 1.54) is 0 Å². The molecule has 27 heavy (non-hydrogen) atoms. The van der Waals surface area contributed by atoms with Gasteiger partial charge in [-0.1, -0.05) is 26.0 Å². The lowest BCUT2D eigenvalue weighted by molar-refractivity contribution is -0.115. The Balaban J connectivity index is 1.87. The molecule has 144 valence electrons. The summed E-state index contributed by atoms with van der Waals surface area (Å²) >= 11 is 0. The molecule has 2 N–H and O–H groups in total. The summed E-state index contributed by atoms with van der Waals surface area (Å²) in [6, 6.07) is 14.5. The summed E-state index contributed by atoms with van der Waals surface area (Å²) in [5.41, 5.74) is 2.34. The molecule has 2 rings (SSSR count). The first kappa shape index (κ1) is 20.5. The number of nitrogens with zero attached hydrogens (tertiary/aromatic N) is 1. The maximum atomic E-state index is 12.1. The van der Waals surface area contributed by atoms with Crippen LogP contribution in [0.2, 0.25) is 0 Å². The first-order valence-corrected chi connectivity index (χ1v) is 9.09. The number of nitrogens with one attached hydrogen (secondary N) is 2. The van der Waals surface area contributed by atoms with Gasteiger partial charge in [0, 0.05) is 17.8 Å². The molecule has 0 spiro atoms. The van der Waals surface area contributed by atoms with Gasteiger partial charge in [0.05, 0.1) is 13.7 Å². The molecule has 0 aliphatic heterocycles. The number of hydrogen-bond acceptors (Lipinski definition) is 4. The maximum absolute atomic E-state index is 12.1. The van der Waals surface area contributed by atoms with Gasteiger partial charge >= 0.3 is 0 Å². The quantitative estimate of drug-likeness (QED) is 0.713. The number of amides is 2. The molecule has 0 atom stereocenters. The first-order valence-electron chi connectivity index (χ1n) is 9.09. The SMILES string of the molecule is CCN(CC)Cc1cccc(NC(=O)CNC(=O)c2ccc(OC)cc2)c1. The van der Waals surface area contributed by atoms with Crippen molar-refractivity contribution in [2.75, 3.05) is 32.1 Å². The Morgan fingerprint density at radius 3 is 2.37 bits per heavy atom. The summed E-state index contributed by atoms with van der Waals surface area (Å²) in [6.07, 6.45) is 0. The highest BCUT2D eigenvalue weighted by Gasteiger charge is 2.09. The summed E-state index contributed by atoms with van der Waals surface area (Å²) in [6.45, 7) is 6.95. The fourth-order valence-corrected chi connectivity index (χ4v) is 2.66. The molecule has 0 saturated carbocycles. The molecular weight excluding hydrogens is 342 g/mol. The predicted molar refractivity (Wildman–Crippen MR) is 107 cm³/mol. The summed E-state index contributed by atoms with van der Waals surface area (Å²) in [7, 11) is 1.57. The van der Waals surface area contributed by atoms with Crippen molar-refractivity contribution in [3.63, 3.8) is 0 Å². The summed E-state index contributed by atoms with van der Waals surface area (Å²) < 4.78 is 5.06. The number of hydrogen-bond donors (Lipinski definition) is 2. The van der Waals surface area contributed by atoms with Crippen LogP contribution in [0.3, 0.4) is 0 Å². The highest BCUT2D eigenvalue weighted by Crippen LogP contribution is 2.13. The molecule has 0 bridgehead atoms. The molecule has 6 nitrogen and oxygen atoms in total. The van der Waals surface area contributed by atoms with Crippen LogP contribution in [0.15, 0.2) is 48.5 Å². The van der Waals surface area contributed by atoms with Gasteiger partial charge in [0.25, 0.3) is 5.91 Å². The number of rotatable bonds is 9. The van der Waals surface area contributed by atoms with Crippen LogP contribution in [0.1, 0.15) is 29.8 Å². The van der Waals surface area contributed by atoms with E-state index in [1.807, 2.05) is 24.3 Å². The van der Waals surface area contributed by atoms with Crippen LogP contribution in [0.4, 0.5) is 5.69 Å². The van der Waals surface area contributed by atoms with E-state index in [0.717, 1.165) is 30.9 Å². The summed E-state index contributed by atoms with van der Waals surface area (Å²) in [5.74, 6) is 0.105. The number of carbonyl (C=O) groups excluding carboxylic acids is 2. The third-order valence-corrected chi connectivity index (χ3v) is 4.27. The Morgan fingerprint density at radius 2 is 1.74 bits per heavy atom. The van der Waals surface area contributed by atoms with Crippen molar-refractivity contribution in [3.05, 3.63) is 59.7 Å². The minimum Gasteiger partial charge on any atom is -0.497 e. The van der Waals surface area contributed by atoms with Crippen molar-refractivity contribution in [1.29, 1.82) is 0 Å². The van der Waals surface area contributed by atoms with Crippen LogP contribution in [-0.4, -0.2) is 43.5 Å². The van der Waals surface area contributed by atoms with E-state index < -0.39 is 0 Å². The molecule has 0 aromatic heterocycles. The average Bonchev–Trinajstić information content (AvgIpc) is 2.70. The molecule has 6 heteroatoms. The Hall–Kier alpha value is -2.86. The second kappa shape index (κ2) is 10.3. The number of benzene rings is 2. The van der Waals surface area contributed by atoms with Gasteiger partial charge in [-0.2, -0.15) is 0 Å². The maximum Gasteiger partial charge on any atom is 0.251 e. The fourth-order valence-electron chi connectivity index (χ4n) is 2.66. The van der Waals surface area contributed by atoms with Crippen molar-refractivity contribution >= 4 is 17.5 Å². The van der Waals surface area contributed by atoms with Gasteiger partial charge in [-0.15, -0.1) is 0 Å². The molecule has 0 aliphatic rings. The Morgan fingerprint density at radius 1 is 1.04 bits per heavy atom. The largest absolute Gasteiger partial charge is 0.497 e. The molecule has 0 aliphatic carbocycles. The minimum atomic E-state index is -0.303. The predicted octanol–water partition coefficient (Wildman–Crippen LogP) is 2.91.